The van der Waals surface area contributed by atoms with E-state index in [2.05, 4.69) is 112 Å². The largest absolute Gasteiger partial charge is 0.115 e. The van der Waals surface area contributed by atoms with Crippen LogP contribution in [0, 0.1) is 6.92 Å². The van der Waals surface area contributed by atoms with Crippen LogP contribution in [0.5, 0.6) is 0 Å². The second-order valence-electron chi connectivity index (χ2n) is 7.87. The molecule has 0 fully saturated rings. The van der Waals surface area contributed by atoms with E-state index in [1.54, 1.807) is 0 Å². The summed E-state index contributed by atoms with van der Waals surface area (Å²) in [6.07, 6.45) is 0. The Labute approximate surface area is 175 Å². The molecule has 0 unspecified atom stereocenters. The van der Waals surface area contributed by atoms with Gasteiger partial charge in [0.25, 0.3) is 0 Å². The lowest BCUT2D eigenvalue weighted by molar-refractivity contribution is 0.874. The van der Waals surface area contributed by atoms with Crippen molar-refractivity contribution < 1.29 is 0 Å². The smallest absolute Gasteiger partial charge is 0.0856 e. The summed E-state index contributed by atoms with van der Waals surface area (Å²) in [4.78, 5) is 0. The Morgan fingerprint density at radius 1 is 0.517 bits per heavy atom. The minimum Gasteiger partial charge on any atom is -0.0856 e. The van der Waals surface area contributed by atoms with Crippen molar-refractivity contribution in [2.45, 2.75) is 26.7 Å². The fourth-order valence-corrected chi connectivity index (χ4v) is 4.10. The van der Waals surface area contributed by atoms with Gasteiger partial charge in [0.1, 0.15) is 7.85 Å². The average molecular weight is 372 g/mol. The minimum absolute atomic E-state index is 0.390. The molecule has 0 saturated heterocycles. The zero-order valence-electron chi connectivity index (χ0n) is 17.3. The molecule has 0 atom stereocenters. The van der Waals surface area contributed by atoms with Crippen LogP contribution in [0.2, 0.25) is 0 Å². The first-order chi connectivity index (χ1) is 14.1. The van der Waals surface area contributed by atoms with Crippen molar-refractivity contribution in [2.24, 2.45) is 0 Å². The molecule has 0 aliphatic heterocycles. The van der Waals surface area contributed by atoms with Gasteiger partial charge in [-0.25, -0.2) is 0 Å². The molecule has 1 heteroatoms. The molecular formula is C28H25B. The van der Waals surface area contributed by atoms with Crippen LogP contribution in [0.3, 0.4) is 0 Å². The predicted octanol–water partition coefficient (Wildman–Crippen LogP) is 6.91. The van der Waals surface area contributed by atoms with Crippen molar-refractivity contribution in [1.29, 1.82) is 0 Å². The van der Waals surface area contributed by atoms with Crippen LogP contribution in [0.1, 0.15) is 30.9 Å². The number of aryl methyl sites for hydroxylation is 1. The standard InChI is InChI=1S/C28H25B/c1-19(2)21-17-10-18-27(28(21)29)26-16-9-8-15-25(26)24-14-7-6-13-23(24)22-12-5-4-11-20(22)3/h4-19H,1-3H3. The van der Waals surface area contributed by atoms with Gasteiger partial charge >= 0.3 is 0 Å². The molecule has 140 valence electrons. The fourth-order valence-electron chi connectivity index (χ4n) is 4.10. The van der Waals surface area contributed by atoms with E-state index in [-0.39, 0.29) is 0 Å². The van der Waals surface area contributed by atoms with E-state index in [0.717, 1.165) is 11.0 Å². The van der Waals surface area contributed by atoms with Gasteiger partial charge in [0, 0.05) is 0 Å². The summed E-state index contributed by atoms with van der Waals surface area (Å²) < 4.78 is 0. The van der Waals surface area contributed by atoms with E-state index < -0.39 is 0 Å². The van der Waals surface area contributed by atoms with E-state index in [0.29, 0.717) is 5.92 Å². The maximum atomic E-state index is 6.64. The maximum absolute atomic E-state index is 6.64. The summed E-state index contributed by atoms with van der Waals surface area (Å²) in [5.74, 6) is 0.390. The highest BCUT2D eigenvalue weighted by Gasteiger charge is 2.15. The lowest BCUT2D eigenvalue weighted by atomic mass is 9.78. The fraction of sp³-hybridized carbons (Fsp3) is 0.143. The monoisotopic (exact) mass is 372 g/mol. The third-order valence-corrected chi connectivity index (χ3v) is 5.63. The van der Waals surface area contributed by atoms with Crippen molar-refractivity contribution in [1.82, 2.24) is 0 Å². The van der Waals surface area contributed by atoms with Crippen molar-refractivity contribution in [2.75, 3.05) is 0 Å². The van der Waals surface area contributed by atoms with Crippen LogP contribution in [0.25, 0.3) is 33.4 Å². The summed E-state index contributed by atoms with van der Waals surface area (Å²) >= 11 is 0. The van der Waals surface area contributed by atoms with Gasteiger partial charge in [-0.2, -0.15) is 0 Å². The summed E-state index contributed by atoms with van der Waals surface area (Å²) in [5, 5.41) is 0. The molecule has 4 aromatic carbocycles. The number of rotatable bonds is 4. The van der Waals surface area contributed by atoms with Gasteiger partial charge in [0.2, 0.25) is 0 Å². The molecule has 0 heterocycles. The van der Waals surface area contributed by atoms with Gasteiger partial charge in [-0.15, -0.1) is 0 Å². The molecule has 0 saturated carbocycles. The van der Waals surface area contributed by atoms with Gasteiger partial charge in [-0.1, -0.05) is 116 Å². The van der Waals surface area contributed by atoms with E-state index in [4.69, 9.17) is 7.85 Å². The zero-order valence-corrected chi connectivity index (χ0v) is 17.3. The summed E-state index contributed by atoms with van der Waals surface area (Å²) in [7, 11) is 6.64. The Balaban J connectivity index is 1.96. The lowest BCUT2D eigenvalue weighted by Gasteiger charge is -2.19. The van der Waals surface area contributed by atoms with Crippen molar-refractivity contribution in [3.63, 3.8) is 0 Å². The molecule has 0 aliphatic rings. The quantitative estimate of drug-likeness (QED) is 0.341. The number of hydrogen-bond donors (Lipinski definition) is 0. The van der Waals surface area contributed by atoms with Gasteiger partial charge < -0.3 is 0 Å². The molecule has 0 N–H and O–H groups in total. The first kappa shape index (κ1) is 19.3. The first-order valence-corrected chi connectivity index (χ1v) is 10.2. The maximum Gasteiger partial charge on any atom is 0.115 e. The molecular weight excluding hydrogens is 347 g/mol. The molecule has 0 bridgehead atoms. The summed E-state index contributed by atoms with van der Waals surface area (Å²) in [6.45, 7) is 6.55. The van der Waals surface area contributed by atoms with Crippen molar-refractivity contribution in [3.05, 3.63) is 102 Å². The molecule has 29 heavy (non-hydrogen) atoms. The Morgan fingerprint density at radius 3 is 1.45 bits per heavy atom. The van der Waals surface area contributed by atoms with Crippen LogP contribution in [0.4, 0.5) is 0 Å². The zero-order chi connectivity index (χ0) is 20.4. The lowest BCUT2D eigenvalue weighted by Crippen LogP contribution is -2.15. The highest BCUT2D eigenvalue weighted by atomic mass is 14.2. The SMILES string of the molecule is [B]c1c(-c2ccccc2-c2ccccc2-c2ccccc2C)cccc1C(C)C. The highest BCUT2D eigenvalue weighted by Crippen LogP contribution is 2.38. The molecule has 0 aromatic heterocycles. The third kappa shape index (κ3) is 3.65. The van der Waals surface area contributed by atoms with E-state index in [1.807, 2.05) is 0 Å². The second-order valence-corrected chi connectivity index (χ2v) is 7.87. The van der Waals surface area contributed by atoms with E-state index in [1.165, 1.54) is 38.9 Å². The molecule has 4 rings (SSSR count). The van der Waals surface area contributed by atoms with E-state index >= 15 is 0 Å². The van der Waals surface area contributed by atoms with Gasteiger partial charge in [-0.05, 0) is 51.8 Å². The van der Waals surface area contributed by atoms with Crippen LogP contribution in [0.15, 0.2) is 91.0 Å². The van der Waals surface area contributed by atoms with Gasteiger partial charge in [0.15, 0.2) is 0 Å². The summed E-state index contributed by atoms with van der Waals surface area (Å²) in [6, 6.07) is 32.2. The van der Waals surface area contributed by atoms with Crippen LogP contribution in [-0.2, 0) is 0 Å². The Hall–Kier alpha value is -3.06. The average Bonchev–Trinajstić information content (AvgIpc) is 2.74. The Morgan fingerprint density at radius 2 is 0.931 bits per heavy atom. The first-order valence-electron chi connectivity index (χ1n) is 10.2. The van der Waals surface area contributed by atoms with Gasteiger partial charge in [0.05, 0.1) is 0 Å². The van der Waals surface area contributed by atoms with Crippen LogP contribution < -0.4 is 5.46 Å². The van der Waals surface area contributed by atoms with Crippen molar-refractivity contribution in [3.8, 4) is 33.4 Å². The topological polar surface area (TPSA) is 0 Å². The van der Waals surface area contributed by atoms with Crippen molar-refractivity contribution >= 4 is 13.3 Å². The molecule has 0 amide bonds. The number of benzene rings is 4. The highest BCUT2D eigenvalue weighted by molar-refractivity contribution is 6.37. The Kier molecular flexibility index (Phi) is 5.40. The second kappa shape index (κ2) is 8.13. The molecule has 2 radical (unpaired) electrons. The van der Waals surface area contributed by atoms with Crippen LogP contribution >= 0.6 is 0 Å². The number of hydrogen-bond acceptors (Lipinski definition) is 0. The third-order valence-electron chi connectivity index (χ3n) is 5.63. The minimum atomic E-state index is 0.390. The van der Waals surface area contributed by atoms with Crippen LogP contribution in [-0.4, -0.2) is 7.85 Å². The molecule has 0 aliphatic carbocycles. The molecule has 4 aromatic rings. The molecule has 0 spiro atoms. The normalized spacial score (nSPS) is 11.0. The summed E-state index contributed by atoms with van der Waals surface area (Å²) in [5.41, 5.74) is 10.6. The Bertz CT molecular complexity index is 1150. The van der Waals surface area contributed by atoms with E-state index in [9.17, 15) is 0 Å². The van der Waals surface area contributed by atoms with Gasteiger partial charge in [-0.3, -0.25) is 0 Å². The predicted molar refractivity (Wildman–Crippen MR) is 127 cm³/mol. The molecule has 0 nitrogen and oxygen atoms in total.